The molecule has 16 aromatic rings. The summed E-state index contributed by atoms with van der Waals surface area (Å²) in [4.78, 5) is 51.8. The van der Waals surface area contributed by atoms with E-state index in [0.29, 0.717) is 5.56 Å². The number of benzene rings is 12. The molecule has 0 unspecified atom stereocenters. The molecular formula is C98H87FIr4N4O8. The van der Waals surface area contributed by atoms with Crippen LogP contribution in [0.1, 0.15) is 66.5 Å². The number of halogens is 1. The average molecular weight is 2240 g/mol. The Morgan fingerprint density at radius 3 is 0.861 bits per heavy atom. The summed E-state index contributed by atoms with van der Waals surface area (Å²) in [5, 5.41) is 52.9. The number of allylic oxidation sites excluding steroid dienone is 8. The molecule has 115 heavy (non-hydrogen) atoms. The summed E-state index contributed by atoms with van der Waals surface area (Å²) >= 11 is 0. The second kappa shape index (κ2) is 46.8. The van der Waals surface area contributed by atoms with Crippen LogP contribution in [0.4, 0.5) is 4.39 Å². The maximum absolute atomic E-state index is 13.5. The first-order chi connectivity index (χ1) is 53.4. The second-order valence-corrected chi connectivity index (χ2v) is 26.1. The Bertz CT molecular complexity index is 5860. The molecule has 12 nitrogen and oxygen atoms in total. The minimum absolute atomic E-state index is 0. The molecule has 4 aromatic heterocycles. The van der Waals surface area contributed by atoms with Crippen LogP contribution in [0.5, 0.6) is 0 Å². The van der Waals surface area contributed by atoms with Crippen molar-refractivity contribution in [2.45, 2.75) is 69.2 Å². The number of aryl methyl sites for hydroxylation is 2. The minimum Gasteiger partial charge on any atom is -0.512 e. The molecule has 4 radical (unpaired) electrons. The van der Waals surface area contributed by atoms with Crippen molar-refractivity contribution < 1.29 is 124 Å². The predicted molar refractivity (Wildman–Crippen MR) is 460 cm³/mol. The van der Waals surface area contributed by atoms with Crippen LogP contribution in [0, 0.1) is 43.9 Å². The number of aliphatic hydroxyl groups excluding tert-OH is 4. The Hall–Kier alpha value is -11.3. The van der Waals surface area contributed by atoms with Gasteiger partial charge in [0.1, 0.15) is 0 Å². The average Bonchev–Trinajstić information content (AvgIpc) is 0.790. The van der Waals surface area contributed by atoms with E-state index in [9.17, 15) is 4.39 Å². The van der Waals surface area contributed by atoms with E-state index in [1.54, 1.807) is 12.3 Å². The van der Waals surface area contributed by atoms with Crippen LogP contribution in [0.2, 0.25) is 0 Å². The van der Waals surface area contributed by atoms with Crippen LogP contribution in [0.3, 0.4) is 0 Å². The number of fused-ring (bicyclic) bond motifs is 12. The molecule has 0 aliphatic rings. The van der Waals surface area contributed by atoms with Crippen LogP contribution in [0.25, 0.3) is 131 Å². The Labute approximate surface area is 723 Å². The first-order valence-electron chi connectivity index (χ1n) is 35.7. The number of nitrogens with zero attached hydrogens (tertiary/aromatic N) is 4. The number of pyridine rings is 4. The number of ketones is 4. The maximum Gasteiger partial charge on any atom is 0.316 e. The van der Waals surface area contributed by atoms with Gasteiger partial charge in [-0.15, -0.1) is 137 Å². The van der Waals surface area contributed by atoms with Crippen LogP contribution in [-0.4, -0.2) is 82.7 Å². The van der Waals surface area contributed by atoms with E-state index in [-0.39, 0.29) is 132 Å². The van der Waals surface area contributed by atoms with Crippen molar-refractivity contribution in [1.82, 2.24) is 19.9 Å². The molecule has 12 aromatic carbocycles. The first kappa shape index (κ1) is 94.3. The third kappa shape index (κ3) is 27.5. The van der Waals surface area contributed by atoms with E-state index in [1.807, 2.05) is 73.2 Å². The Morgan fingerprint density at radius 2 is 0.583 bits per heavy atom. The summed E-state index contributed by atoms with van der Waals surface area (Å²) in [7, 11) is 0. The van der Waals surface area contributed by atoms with Gasteiger partial charge in [0, 0.05) is 111 Å². The molecule has 0 amide bonds. The van der Waals surface area contributed by atoms with Crippen molar-refractivity contribution in [3.8, 4) is 45.0 Å². The quantitative estimate of drug-likeness (QED) is 0.0376. The third-order valence-electron chi connectivity index (χ3n) is 16.8. The molecule has 0 saturated carbocycles. The van der Waals surface area contributed by atoms with E-state index in [0.717, 1.165) is 50.2 Å². The van der Waals surface area contributed by atoms with E-state index in [4.69, 9.17) is 39.6 Å². The molecule has 590 valence electrons. The van der Waals surface area contributed by atoms with Crippen LogP contribution in [-0.2, 0) is 80.4 Å². The molecule has 0 saturated heterocycles. The van der Waals surface area contributed by atoms with E-state index < -0.39 is 0 Å². The molecule has 0 aliphatic heterocycles. The summed E-state index contributed by atoms with van der Waals surface area (Å²) < 4.78 is 13.5. The zero-order chi connectivity index (χ0) is 79.5. The van der Waals surface area contributed by atoms with Crippen molar-refractivity contribution in [2.75, 3.05) is 0 Å². The van der Waals surface area contributed by atoms with Gasteiger partial charge in [-0.2, -0.15) is 0 Å². The number of carbonyl (C=O) groups excluding carboxylic acids is 4. The van der Waals surface area contributed by atoms with E-state index in [2.05, 4.69) is 234 Å². The predicted octanol–water partition coefficient (Wildman–Crippen LogP) is 24.2. The van der Waals surface area contributed by atoms with Gasteiger partial charge < -0.3 is 40.4 Å². The molecule has 8 N–H and O–H groups in total. The Balaban J connectivity index is 0.000000244. The summed E-state index contributed by atoms with van der Waals surface area (Å²) in [5.74, 6) is 0.725. The monoisotopic (exact) mass is 2240 g/mol. The summed E-state index contributed by atoms with van der Waals surface area (Å²) in [6.07, 6.45) is 12.5. The largest absolute Gasteiger partial charge is 0.512 e. The molecule has 17 heteroatoms. The molecule has 0 bridgehead atoms. The van der Waals surface area contributed by atoms with Gasteiger partial charge in [-0.25, -0.2) is 4.39 Å². The fourth-order valence-corrected chi connectivity index (χ4v) is 12.3. The van der Waals surface area contributed by atoms with Gasteiger partial charge in [0.2, 0.25) is 0 Å². The fraction of sp³-hybridized carbons (Fsp3) is 0.102. The topological polar surface area (TPSA) is 218 Å². The van der Waals surface area contributed by atoms with Crippen LogP contribution < -0.4 is 0 Å². The fourth-order valence-electron chi connectivity index (χ4n) is 12.3. The molecular weight excluding hydrogens is 2150 g/mol. The number of hydrogen-bond acceptors (Lipinski definition) is 8. The number of aliphatic hydroxyl groups is 4. The number of rotatable bonds is 8. The van der Waals surface area contributed by atoms with Gasteiger partial charge in [-0.3, -0.25) is 19.2 Å². The van der Waals surface area contributed by atoms with Gasteiger partial charge in [-0.05, 0) is 161 Å². The zero-order valence-electron chi connectivity index (χ0n) is 64.9. The normalized spacial score (nSPS) is 10.8. The molecule has 0 aliphatic carbocycles. The third-order valence-corrected chi connectivity index (χ3v) is 16.8. The van der Waals surface area contributed by atoms with Crippen molar-refractivity contribution in [1.29, 1.82) is 0 Å². The molecule has 16 rings (SSSR count). The van der Waals surface area contributed by atoms with Crippen molar-refractivity contribution >= 4 is 109 Å². The smallest absolute Gasteiger partial charge is 0.316 e. The summed E-state index contributed by atoms with van der Waals surface area (Å²) in [6, 6.07) is 96.7. The zero-order valence-corrected chi connectivity index (χ0v) is 74.4. The van der Waals surface area contributed by atoms with E-state index in [1.165, 1.54) is 178 Å². The molecule has 0 spiro atoms. The maximum atomic E-state index is 13.5. The minimum atomic E-state index is -0.275. The van der Waals surface area contributed by atoms with Gasteiger partial charge in [0.05, 0.1) is 75.0 Å². The van der Waals surface area contributed by atoms with Gasteiger partial charge in [-0.1, -0.05) is 159 Å². The molecule has 0 atom stereocenters. The Kier molecular flexibility index (Phi) is 38.3. The van der Waals surface area contributed by atoms with Crippen molar-refractivity contribution in [3.63, 3.8) is 0 Å². The summed E-state index contributed by atoms with van der Waals surface area (Å²) in [5.41, 5.74) is 10.0. The SMILES string of the molecule is CC(=[OH+])C=C(C)O.CC(=[OH+])C=C(C)O.CC(=[OH+])C=C(C)O.CC(=[OH+])C=C(C)O.Cc1c[c-]c(-c2nccc3c2ccc2ccccc23)cc1.Cc1cc[c-]c(-c2nccc3c2ccc2ccccc23)c1.Fc1cc[c-]c(-c2nccc3c2ccc2ccccc23)c1.[Ir].[Ir].[Ir].[Ir].[c-]1ccccc1-c1nccc2c1ccc1ccccc12. The van der Waals surface area contributed by atoms with Crippen LogP contribution in [0.15, 0.2) is 321 Å². The summed E-state index contributed by atoms with van der Waals surface area (Å²) in [6.45, 7) is 16.2. The molecule has 0 fully saturated rings. The first-order valence-corrected chi connectivity index (χ1v) is 35.7. The van der Waals surface area contributed by atoms with Gasteiger partial charge in [0.25, 0.3) is 0 Å². The number of hydrogen-bond donors (Lipinski definition) is 4. The second-order valence-electron chi connectivity index (χ2n) is 26.1. The van der Waals surface area contributed by atoms with Crippen molar-refractivity contribution in [2.24, 2.45) is 0 Å². The van der Waals surface area contributed by atoms with Crippen molar-refractivity contribution in [3.05, 3.63) is 362 Å². The standard InChI is InChI=1S/2C20H14N.C19H11FN.C19H12N.4C5H8O2.4Ir/c1-14-5-4-7-16(13-14)20-19-10-9-15-6-2-3-8-17(15)18(19)11-12-21-20;1-14-6-8-16(9-7-14)20-19-11-10-15-4-2-3-5-17(15)18(19)12-13-21-20;20-15-6-3-5-14(12-15)19-18-9-8-13-4-1-2-7-16(13)17(18)10-11-21-19;1-2-7-15(8-3-1)19-18-11-10-14-6-4-5-9-16(14)17(18)12-13-20-19;4*1-4(6)3-5(2)7;;;;/h2-6,8-13H,1H3;2-8,10-13H,1H3;1-4,6-12H;1-7,9-13H;4*3,6H,1-2H3;;;;/q4*-1;;;;;;;;/p+4. The van der Waals surface area contributed by atoms with Gasteiger partial charge >= 0.3 is 23.1 Å². The Morgan fingerprint density at radius 1 is 0.287 bits per heavy atom. The van der Waals surface area contributed by atoms with E-state index >= 15 is 0 Å². The van der Waals surface area contributed by atoms with Crippen LogP contribution >= 0.6 is 0 Å². The van der Waals surface area contributed by atoms with Gasteiger partial charge in [0.15, 0.2) is 0 Å². The molecule has 4 heterocycles. The number of aromatic nitrogens is 4.